The van der Waals surface area contributed by atoms with Crippen LogP contribution in [0.1, 0.15) is 48.9 Å². The molecule has 2 aliphatic rings. The van der Waals surface area contributed by atoms with Gasteiger partial charge in [-0.15, -0.1) is 0 Å². The zero-order valence-corrected chi connectivity index (χ0v) is 14.0. The summed E-state index contributed by atoms with van der Waals surface area (Å²) in [7, 11) is 0. The Balaban J connectivity index is 1.73. The Morgan fingerprint density at radius 2 is 1.78 bits per heavy atom. The number of carbonyl (C=O) groups excluding carboxylic acids is 1. The number of carboxylic acids is 1. The maximum Gasteiger partial charge on any atom is 0.307 e. The monoisotopic (exact) mass is 315 g/mol. The van der Waals surface area contributed by atoms with Crippen LogP contribution in [0.2, 0.25) is 0 Å². The van der Waals surface area contributed by atoms with Crippen LogP contribution in [0.15, 0.2) is 18.2 Å². The Bertz CT molecular complexity index is 640. The highest BCUT2D eigenvalue weighted by Crippen LogP contribution is 2.52. The van der Waals surface area contributed by atoms with Gasteiger partial charge in [0.1, 0.15) is 0 Å². The Morgan fingerprint density at radius 3 is 2.39 bits per heavy atom. The zero-order chi connectivity index (χ0) is 16.7. The van der Waals surface area contributed by atoms with Crippen molar-refractivity contribution >= 4 is 11.9 Å². The van der Waals surface area contributed by atoms with Crippen molar-refractivity contribution in [2.45, 2.75) is 46.1 Å². The van der Waals surface area contributed by atoms with Gasteiger partial charge in [0.05, 0.1) is 17.9 Å². The first kappa shape index (κ1) is 16.0. The van der Waals surface area contributed by atoms with Crippen LogP contribution in [0.4, 0.5) is 0 Å². The molecular weight excluding hydrogens is 290 g/mol. The lowest BCUT2D eigenvalue weighted by molar-refractivity contribution is -0.149. The van der Waals surface area contributed by atoms with Crippen LogP contribution >= 0.6 is 0 Å². The number of aryl methyl sites for hydroxylation is 2. The number of amides is 1. The summed E-state index contributed by atoms with van der Waals surface area (Å²) < 4.78 is 0. The maximum absolute atomic E-state index is 12.7. The van der Waals surface area contributed by atoms with Crippen molar-refractivity contribution in [2.24, 2.45) is 23.7 Å². The number of carbonyl (C=O) groups is 2. The van der Waals surface area contributed by atoms with Crippen LogP contribution in [0.5, 0.6) is 0 Å². The normalized spacial score (nSPS) is 30.2. The van der Waals surface area contributed by atoms with Crippen LogP contribution in [-0.4, -0.2) is 17.0 Å². The smallest absolute Gasteiger partial charge is 0.307 e. The number of aliphatic carboxylic acids is 1. The number of carboxylic acid groups (broad SMARTS) is 1. The fourth-order valence-electron chi connectivity index (χ4n) is 4.45. The molecule has 0 saturated heterocycles. The van der Waals surface area contributed by atoms with Gasteiger partial charge in [0.2, 0.25) is 5.91 Å². The molecule has 2 fully saturated rings. The second-order valence-corrected chi connectivity index (χ2v) is 7.30. The van der Waals surface area contributed by atoms with Crippen molar-refractivity contribution in [3.8, 4) is 0 Å². The summed E-state index contributed by atoms with van der Waals surface area (Å²) in [5, 5.41) is 12.5. The van der Waals surface area contributed by atoms with E-state index in [0.29, 0.717) is 0 Å². The summed E-state index contributed by atoms with van der Waals surface area (Å²) >= 11 is 0. The molecule has 1 amide bonds. The molecule has 4 heteroatoms. The Kier molecular flexibility index (Phi) is 4.17. The van der Waals surface area contributed by atoms with Crippen LogP contribution in [0.3, 0.4) is 0 Å². The standard InChI is InChI=1S/C19H25NO3/c1-10-4-5-13(8-11(10)2)12(3)20-18(21)16-14-6-7-15(9-14)17(16)19(22)23/h4-5,8,12,14-17H,6-7,9H2,1-3H3,(H,20,21)(H,22,23)/t12-,14+,15+,16-,17+/m1/s1. The van der Waals surface area contributed by atoms with E-state index in [1.807, 2.05) is 13.0 Å². The van der Waals surface area contributed by atoms with Gasteiger partial charge in [-0.25, -0.2) is 0 Å². The van der Waals surface area contributed by atoms with E-state index in [2.05, 4.69) is 31.3 Å². The molecule has 3 rings (SSSR count). The molecule has 23 heavy (non-hydrogen) atoms. The Hall–Kier alpha value is -1.84. The first-order chi connectivity index (χ1) is 10.9. The fraction of sp³-hybridized carbons (Fsp3) is 0.579. The van der Waals surface area contributed by atoms with Crippen LogP contribution < -0.4 is 5.32 Å². The summed E-state index contributed by atoms with van der Waals surface area (Å²) in [6, 6.07) is 6.08. The first-order valence-electron chi connectivity index (χ1n) is 8.48. The molecule has 2 bridgehead atoms. The predicted molar refractivity (Wildman–Crippen MR) is 87.9 cm³/mol. The van der Waals surface area contributed by atoms with E-state index in [4.69, 9.17) is 0 Å². The average Bonchev–Trinajstić information content (AvgIpc) is 3.10. The molecule has 4 nitrogen and oxygen atoms in total. The van der Waals surface area contributed by atoms with Gasteiger partial charge in [0.25, 0.3) is 0 Å². The lowest BCUT2D eigenvalue weighted by Gasteiger charge is -2.28. The summed E-state index contributed by atoms with van der Waals surface area (Å²) in [6.45, 7) is 6.09. The molecule has 1 aromatic carbocycles. The number of hydrogen-bond donors (Lipinski definition) is 2. The SMILES string of the molecule is Cc1ccc([C@@H](C)NC(=O)[C@@H]2[C@H]3CC[C@@H](C3)[C@@H]2C(=O)O)cc1C. The van der Waals surface area contributed by atoms with Gasteiger partial charge in [0.15, 0.2) is 0 Å². The van der Waals surface area contributed by atoms with E-state index < -0.39 is 11.9 Å². The first-order valence-corrected chi connectivity index (χ1v) is 8.48. The highest BCUT2D eigenvalue weighted by atomic mass is 16.4. The summed E-state index contributed by atoms with van der Waals surface area (Å²) in [5.74, 6) is -1.33. The zero-order valence-electron chi connectivity index (χ0n) is 14.0. The van der Waals surface area contributed by atoms with Gasteiger partial charge >= 0.3 is 5.97 Å². The topological polar surface area (TPSA) is 66.4 Å². The molecular formula is C19H25NO3. The van der Waals surface area contributed by atoms with Crippen LogP contribution in [-0.2, 0) is 9.59 Å². The molecule has 2 aliphatic carbocycles. The van der Waals surface area contributed by atoms with Gasteiger partial charge in [-0.3, -0.25) is 9.59 Å². The van der Waals surface area contributed by atoms with Crippen molar-refractivity contribution in [2.75, 3.05) is 0 Å². The minimum Gasteiger partial charge on any atom is -0.481 e. The van der Waals surface area contributed by atoms with E-state index in [0.717, 1.165) is 24.8 Å². The molecule has 0 heterocycles. The molecule has 124 valence electrons. The van der Waals surface area contributed by atoms with Gasteiger partial charge < -0.3 is 10.4 Å². The molecule has 0 aromatic heterocycles. The number of nitrogens with one attached hydrogen (secondary N) is 1. The molecule has 2 N–H and O–H groups in total. The quantitative estimate of drug-likeness (QED) is 0.896. The second-order valence-electron chi connectivity index (χ2n) is 7.30. The maximum atomic E-state index is 12.7. The largest absolute Gasteiger partial charge is 0.481 e. The van der Waals surface area contributed by atoms with Gasteiger partial charge in [-0.2, -0.15) is 0 Å². The molecule has 0 radical (unpaired) electrons. The third-order valence-corrected chi connectivity index (χ3v) is 5.89. The molecule has 1 aromatic rings. The highest BCUT2D eigenvalue weighted by molar-refractivity contribution is 5.86. The van der Waals surface area contributed by atoms with E-state index in [1.165, 1.54) is 11.1 Å². The van der Waals surface area contributed by atoms with Crippen molar-refractivity contribution in [3.63, 3.8) is 0 Å². The predicted octanol–water partition coefficient (Wildman–Crippen LogP) is 3.23. The molecule has 0 spiro atoms. The minimum absolute atomic E-state index is 0.0877. The molecule has 5 atom stereocenters. The number of rotatable bonds is 4. The van der Waals surface area contributed by atoms with Gasteiger partial charge in [-0.1, -0.05) is 18.2 Å². The van der Waals surface area contributed by atoms with Crippen LogP contribution in [0, 0.1) is 37.5 Å². The van der Waals surface area contributed by atoms with E-state index in [-0.39, 0.29) is 29.7 Å². The van der Waals surface area contributed by atoms with Crippen molar-refractivity contribution in [3.05, 3.63) is 34.9 Å². The minimum atomic E-state index is -0.809. The third-order valence-electron chi connectivity index (χ3n) is 5.89. The number of fused-ring (bicyclic) bond motifs is 2. The fourth-order valence-corrected chi connectivity index (χ4v) is 4.45. The highest BCUT2D eigenvalue weighted by Gasteiger charge is 2.54. The molecule has 0 aliphatic heterocycles. The van der Waals surface area contributed by atoms with Gasteiger partial charge in [0, 0.05) is 0 Å². The van der Waals surface area contributed by atoms with E-state index >= 15 is 0 Å². The summed E-state index contributed by atoms with van der Waals surface area (Å²) in [4.78, 5) is 24.3. The Labute approximate surface area is 137 Å². The van der Waals surface area contributed by atoms with Gasteiger partial charge in [-0.05, 0) is 68.6 Å². The van der Waals surface area contributed by atoms with Crippen molar-refractivity contribution in [1.82, 2.24) is 5.32 Å². The number of benzene rings is 1. The second kappa shape index (κ2) is 5.99. The van der Waals surface area contributed by atoms with Crippen LogP contribution in [0.25, 0.3) is 0 Å². The third kappa shape index (κ3) is 2.87. The summed E-state index contributed by atoms with van der Waals surface area (Å²) in [5.41, 5.74) is 3.50. The van der Waals surface area contributed by atoms with E-state index in [9.17, 15) is 14.7 Å². The van der Waals surface area contributed by atoms with E-state index in [1.54, 1.807) is 0 Å². The van der Waals surface area contributed by atoms with Crippen molar-refractivity contribution < 1.29 is 14.7 Å². The summed E-state index contributed by atoms with van der Waals surface area (Å²) in [6.07, 6.45) is 2.84. The van der Waals surface area contributed by atoms with Crippen molar-refractivity contribution in [1.29, 1.82) is 0 Å². The number of hydrogen-bond acceptors (Lipinski definition) is 2. The molecule has 0 unspecified atom stereocenters. The lowest BCUT2D eigenvalue weighted by atomic mass is 9.78. The Morgan fingerprint density at radius 1 is 1.13 bits per heavy atom. The lowest BCUT2D eigenvalue weighted by Crippen LogP contribution is -2.42. The molecule has 2 saturated carbocycles. The average molecular weight is 315 g/mol.